The maximum Gasteiger partial charge on any atom is 0.407 e. The third kappa shape index (κ3) is 11.4. The van der Waals surface area contributed by atoms with Crippen LogP contribution in [0.3, 0.4) is 0 Å². The van der Waals surface area contributed by atoms with Crippen LogP contribution in [-0.2, 0) is 46.8 Å². The summed E-state index contributed by atoms with van der Waals surface area (Å²) in [5.74, 6) is -2.86. The minimum Gasteiger partial charge on any atom is -0.459 e. The van der Waals surface area contributed by atoms with E-state index in [1.165, 1.54) is 16.1 Å². The van der Waals surface area contributed by atoms with Gasteiger partial charge in [-0.1, -0.05) is 39.8 Å². The molecule has 5 heterocycles. The van der Waals surface area contributed by atoms with Crippen molar-refractivity contribution in [2.75, 3.05) is 33.9 Å². The van der Waals surface area contributed by atoms with Crippen molar-refractivity contribution in [3.05, 3.63) is 40.8 Å². The van der Waals surface area contributed by atoms with Crippen molar-refractivity contribution in [1.82, 2.24) is 30.4 Å². The summed E-state index contributed by atoms with van der Waals surface area (Å²) in [6.07, 6.45) is -4.27. The Hall–Kier alpha value is -3.33. The van der Waals surface area contributed by atoms with E-state index in [2.05, 4.69) is 27.3 Å². The lowest BCUT2D eigenvalue weighted by atomic mass is 9.72. The molecule has 4 N–H and O–H groups in total. The summed E-state index contributed by atoms with van der Waals surface area (Å²) in [5, 5.41) is 51.1. The van der Waals surface area contributed by atoms with Gasteiger partial charge >= 0.3 is 12.1 Å². The molecule has 3 fully saturated rings. The first-order chi connectivity index (χ1) is 28.7. The second kappa shape index (κ2) is 20.5. The number of hydrogen-bond acceptors (Lipinski definition) is 16. The number of thiophene rings is 1. The first-order valence-electron chi connectivity index (χ1n) is 21.3. The number of rotatable bonds is 9. The van der Waals surface area contributed by atoms with E-state index >= 15 is 0 Å². The maximum absolute atomic E-state index is 13.9. The molecule has 0 aliphatic carbocycles. The van der Waals surface area contributed by atoms with E-state index in [9.17, 15) is 24.9 Å². The van der Waals surface area contributed by atoms with Gasteiger partial charge < -0.3 is 54.0 Å². The summed E-state index contributed by atoms with van der Waals surface area (Å²) in [6, 6.07) is 3.48. The Morgan fingerprint density at radius 3 is 2.51 bits per heavy atom. The molecule has 2 bridgehead atoms. The minimum absolute atomic E-state index is 0.0100. The molecule has 17 nitrogen and oxygen atoms in total. The number of aliphatic hydroxyl groups is 3. The Morgan fingerprint density at radius 1 is 1.13 bits per heavy atom. The monoisotopic (exact) mass is 876 g/mol. The fourth-order valence-corrected chi connectivity index (χ4v) is 10.0. The van der Waals surface area contributed by atoms with Crippen molar-refractivity contribution in [3.8, 4) is 10.7 Å². The van der Waals surface area contributed by atoms with Gasteiger partial charge in [-0.25, -0.2) is 4.79 Å². The van der Waals surface area contributed by atoms with E-state index in [0.29, 0.717) is 24.2 Å². The Balaban J connectivity index is 1.51. The number of aliphatic hydroxyl groups excluding tert-OH is 2. The molecule has 0 radical (unpaired) electrons. The third-order valence-corrected chi connectivity index (χ3v) is 13.7. The van der Waals surface area contributed by atoms with Crippen LogP contribution in [0.2, 0.25) is 0 Å². The molecule has 1 amide bonds. The number of alkyl carbamates (subject to hydrolysis) is 1. The number of carbonyl (C=O) groups is 2. The zero-order valence-corrected chi connectivity index (χ0v) is 38.4. The molecule has 3 saturated heterocycles. The van der Waals surface area contributed by atoms with Crippen LogP contribution in [-0.4, -0.2) is 147 Å². The molecule has 2 unspecified atom stereocenters. The van der Waals surface area contributed by atoms with Crippen molar-refractivity contribution < 1.29 is 53.3 Å². The number of ether oxygens (including phenoxy) is 6. The highest BCUT2D eigenvalue weighted by molar-refractivity contribution is 7.15. The number of aromatic nitrogens is 4. The Kier molecular flexibility index (Phi) is 16.3. The average molecular weight is 877 g/mol. The third-order valence-electron chi connectivity index (χ3n) is 12.6. The van der Waals surface area contributed by atoms with Crippen LogP contribution in [0.15, 0.2) is 35.9 Å². The average Bonchev–Trinajstić information content (AvgIpc) is 3.86. The molecule has 342 valence electrons. The summed E-state index contributed by atoms with van der Waals surface area (Å²) < 4.78 is 38.3. The van der Waals surface area contributed by atoms with Crippen LogP contribution >= 0.6 is 11.3 Å². The number of esters is 1. The van der Waals surface area contributed by atoms with E-state index in [1.54, 1.807) is 27.8 Å². The molecule has 61 heavy (non-hydrogen) atoms. The highest BCUT2D eigenvalue weighted by Gasteiger charge is 2.52. The van der Waals surface area contributed by atoms with Gasteiger partial charge in [-0.3, -0.25) is 4.79 Å². The van der Waals surface area contributed by atoms with Crippen LogP contribution in [0.1, 0.15) is 79.5 Å². The van der Waals surface area contributed by atoms with Crippen molar-refractivity contribution in [3.63, 3.8) is 0 Å². The van der Waals surface area contributed by atoms with E-state index in [1.807, 2.05) is 71.8 Å². The number of cyclic esters (lactones) is 1. The van der Waals surface area contributed by atoms with Crippen molar-refractivity contribution in [2.24, 2.45) is 30.7 Å². The quantitative estimate of drug-likeness (QED) is 0.207. The number of tetrazole rings is 1. The fraction of sp³-hybridized carbons (Fsp3) is 0.744. The SMILES string of the molecule is C=C1COC2[C@@H](C)/C(=C/COC(=O)NCc3ccc(-c4nnn(C)n4)s3)[C@H](C)C[C@@](C)(OC1)[C@H](OC1O[C@H](C)C[C@H](N(C)C)[C@H]1O)[C@@H](C)[C@H](O)[C@@H](C)C(=O)O[C@H](CC)[C@@]2(C)O. The smallest absolute Gasteiger partial charge is 0.407 e. The zero-order valence-electron chi connectivity index (χ0n) is 37.6. The lowest BCUT2D eigenvalue weighted by Crippen LogP contribution is -2.60. The summed E-state index contributed by atoms with van der Waals surface area (Å²) in [5.41, 5.74) is -1.56. The number of nitrogens with zero attached hydrogens (tertiary/aromatic N) is 5. The lowest BCUT2D eigenvalue weighted by molar-refractivity contribution is -0.303. The van der Waals surface area contributed by atoms with Crippen LogP contribution in [0.25, 0.3) is 10.7 Å². The number of nitrogens with one attached hydrogen (secondary N) is 1. The molecule has 14 atom stereocenters. The Labute approximate surface area is 363 Å². The molecular weight excluding hydrogens is 809 g/mol. The second-order valence-corrected chi connectivity index (χ2v) is 19.0. The number of hydrogen-bond donors (Lipinski definition) is 4. The highest BCUT2D eigenvalue weighted by atomic mass is 32.1. The maximum atomic E-state index is 13.9. The van der Waals surface area contributed by atoms with Gasteiger partial charge in [0, 0.05) is 22.8 Å². The van der Waals surface area contributed by atoms with E-state index < -0.39 is 77.8 Å². The van der Waals surface area contributed by atoms with Gasteiger partial charge in [-0.05, 0) is 96.0 Å². The van der Waals surface area contributed by atoms with Gasteiger partial charge in [0.25, 0.3) is 0 Å². The molecule has 2 aromatic heterocycles. The Morgan fingerprint density at radius 2 is 1.85 bits per heavy atom. The van der Waals surface area contributed by atoms with Gasteiger partial charge in [-0.15, -0.1) is 21.5 Å². The number of aryl methyl sites for hydroxylation is 1. The van der Waals surface area contributed by atoms with Gasteiger partial charge in [0.15, 0.2) is 6.29 Å². The van der Waals surface area contributed by atoms with Crippen molar-refractivity contribution in [2.45, 2.75) is 141 Å². The standard InChI is InChI=1S/C43H68N6O11S/c1-13-33-43(9,54)37-26(5)30(16-17-55-41(53)44-20-29-14-15-32(61-29)38-45-47-49(12)46-38)24(3)19-42(8,57-22-23(2)21-56-37)36(27(6)34(50)28(7)39(52)59-33)60-40-35(51)31(48(10)11)18-25(4)58-40/h14-16,24-28,31,33-37,40,50-51,54H,2,13,17-22H2,1,3-12H3,(H,44,53)/b30-16+/t24-,25-,26+,27+,28-,31+,33-,34+,35-,36-,37?,40?,42-,43-/m1/s1. The minimum atomic E-state index is -1.72. The molecule has 3 aliphatic heterocycles. The molecular formula is C43H68N6O11S. The highest BCUT2D eigenvalue weighted by Crippen LogP contribution is 2.43. The molecule has 3 aliphatic rings. The van der Waals surface area contributed by atoms with Crippen LogP contribution < -0.4 is 5.32 Å². The summed E-state index contributed by atoms with van der Waals surface area (Å²) in [7, 11) is 5.48. The molecule has 0 aromatic carbocycles. The molecule has 0 saturated carbocycles. The van der Waals surface area contributed by atoms with Gasteiger partial charge in [0.2, 0.25) is 5.82 Å². The summed E-state index contributed by atoms with van der Waals surface area (Å²) in [6.45, 7) is 19.0. The molecule has 0 spiro atoms. The topological polar surface area (TPSA) is 209 Å². The van der Waals surface area contributed by atoms with E-state index in [0.717, 1.165) is 15.3 Å². The summed E-state index contributed by atoms with van der Waals surface area (Å²) >= 11 is 1.43. The lowest BCUT2D eigenvalue weighted by Gasteiger charge is -2.48. The number of likely N-dealkylation sites (N-methyl/N-ethyl adjacent to an activating group) is 1. The van der Waals surface area contributed by atoms with Crippen molar-refractivity contribution >= 4 is 23.4 Å². The fourth-order valence-electron chi connectivity index (χ4n) is 9.17. The predicted octanol–water partition coefficient (Wildman–Crippen LogP) is 4.01. The number of amides is 1. The van der Waals surface area contributed by atoms with Gasteiger partial charge in [0.1, 0.15) is 24.4 Å². The first-order valence-corrected chi connectivity index (χ1v) is 22.1. The Bertz CT molecular complexity index is 1840. The van der Waals surface area contributed by atoms with Crippen LogP contribution in [0, 0.1) is 23.7 Å². The van der Waals surface area contributed by atoms with E-state index in [4.69, 9.17) is 28.4 Å². The zero-order chi connectivity index (χ0) is 45.0. The van der Waals surface area contributed by atoms with E-state index in [-0.39, 0.29) is 50.8 Å². The number of carbonyl (C=O) groups excluding carboxylic acids is 2. The molecule has 2 aromatic rings. The van der Waals surface area contributed by atoms with Crippen molar-refractivity contribution in [1.29, 1.82) is 0 Å². The van der Waals surface area contributed by atoms with Gasteiger partial charge in [-0.2, -0.15) is 4.80 Å². The normalized spacial score (nSPS) is 37.7. The first kappa shape index (κ1) is 48.7. The van der Waals surface area contributed by atoms with Crippen LogP contribution in [0.5, 0.6) is 0 Å². The van der Waals surface area contributed by atoms with Gasteiger partial charge in [0.05, 0.1) is 67.6 Å². The largest absolute Gasteiger partial charge is 0.459 e. The summed E-state index contributed by atoms with van der Waals surface area (Å²) in [4.78, 5) is 32.0. The predicted molar refractivity (Wildman–Crippen MR) is 227 cm³/mol. The van der Waals surface area contributed by atoms with Crippen LogP contribution in [0.4, 0.5) is 4.79 Å². The number of fused-ring (bicyclic) bond motifs is 5. The molecule has 5 rings (SSSR count). The second-order valence-electron chi connectivity index (χ2n) is 17.8. The molecule has 18 heteroatoms.